The molecule has 4 rings (SSSR count). The van der Waals surface area contributed by atoms with Gasteiger partial charge in [-0.15, -0.1) is 0 Å². The molecule has 6 heteroatoms. The van der Waals surface area contributed by atoms with Gasteiger partial charge >= 0.3 is 0 Å². The number of rotatable bonds is 7. The number of amides is 1. The zero-order valence-corrected chi connectivity index (χ0v) is 18.7. The average Bonchev–Trinajstić information content (AvgIpc) is 2.81. The summed E-state index contributed by atoms with van der Waals surface area (Å²) in [6.07, 6.45) is 1.58. The molecule has 1 heterocycles. The van der Waals surface area contributed by atoms with E-state index in [0.29, 0.717) is 10.6 Å². The largest absolute Gasteiger partial charge is 0.297 e. The van der Waals surface area contributed by atoms with Crippen molar-refractivity contribution in [3.8, 4) is 0 Å². The van der Waals surface area contributed by atoms with Crippen molar-refractivity contribution in [1.82, 2.24) is 15.2 Å². The molecule has 0 unspecified atom stereocenters. The molecular weight excluding hydrogens is 420 g/mol. The Morgan fingerprint density at radius 1 is 0.844 bits per heavy atom. The van der Waals surface area contributed by atoms with Crippen LogP contribution < -0.4 is 5.43 Å². The Bertz CT molecular complexity index is 1040. The van der Waals surface area contributed by atoms with Gasteiger partial charge in [0.05, 0.1) is 6.21 Å². The summed E-state index contributed by atoms with van der Waals surface area (Å²) < 4.78 is 0. The van der Waals surface area contributed by atoms with E-state index in [1.807, 2.05) is 36.4 Å². The molecule has 1 aliphatic heterocycles. The number of benzene rings is 3. The summed E-state index contributed by atoms with van der Waals surface area (Å²) in [6, 6.07) is 25.7. The smallest absolute Gasteiger partial charge is 0.271 e. The molecule has 1 amide bonds. The lowest BCUT2D eigenvalue weighted by atomic mass is 10.1. The molecule has 5 nitrogen and oxygen atoms in total. The van der Waals surface area contributed by atoms with E-state index in [-0.39, 0.29) is 5.91 Å². The van der Waals surface area contributed by atoms with Gasteiger partial charge in [0, 0.05) is 49.9 Å². The van der Waals surface area contributed by atoms with E-state index in [2.05, 4.69) is 50.7 Å². The van der Waals surface area contributed by atoms with Gasteiger partial charge < -0.3 is 0 Å². The Morgan fingerprint density at radius 3 is 2.09 bits per heavy atom. The van der Waals surface area contributed by atoms with Gasteiger partial charge in [-0.3, -0.25) is 14.6 Å². The molecular formula is C26H27ClN4O. The predicted molar refractivity (Wildman–Crippen MR) is 130 cm³/mol. The number of halogens is 1. The van der Waals surface area contributed by atoms with Crippen LogP contribution in [0.4, 0.5) is 0 Å². The van der Waals surface area contributed by atoms with Crippen LogP contribution >= 0.6 is 11.6 Å². The lowest BCUT2D eigenvalue weighted by Crippen LogP contribution is -2.45. The van der Waals surface area contributed by atoms with E-state index in [1.54, 1.807) is 18.3 Å². The topological polar surface area (TPSA) is 47.9 Å². The van der Waals surface area contributed by atoms with Gasteiger partial charge in [-0.25, -0.2) is 5.43 Å². The highest BCUT2D eigenvalue weighted by atomic mass is 35.5. The Kier molecular flexibility index (Phi) is 7.67. The van der Waals surface area contributed by atoms with Crippen LogP contribution in [0.3, 0.4) is 0 Å². The molecule has 0 bridgehead atoms. The van der Waals surface area contributed by atoms with Crippen LogP contribution in [0.15, 0.2) is 84.0 Å². The van der Waals surface area contributed by atoms with Gasteiger partial charge in [0.25, 0.3) is 5.91 Å². The minimum absolute atomic E-state index is 0.232. The molecule has 3 aromatic rings. The zero-order chi connectivity index (χ0) is 22.2. The van der Waals surface area contributed by atoms with E-state index >= 15 is 0 Å². The molecule has 3 aromatic carbocycles. The molecule has 0 atom stereocenters. The third-order valence-electron chi connectivity index (χ3n) is 5.56. The van der Waals surface area contributed by atoms with Crippen molar-refractivity contribution in [1.29, 1.82) is 0 Å². The first-order chi connectivity index (χ1) is 15.7. The maximum absolute atomic E-state index is 12.3. The molecule has 32 heavy (non-hydrogen) atoms. The lowest BCUT2D eigenvalue weighted by molar-refractivity contribution is 0.0955. The van der Waals surface area contributed by atoms with Gasteiger partial charge in [0.15, 0.2) is 0 Å². The molecule has 0 saturated carbocycles. The normalized spacial score (nSPS) is 15.2. The highest BCUT2D eigenvalue weighted by Crippen LogP contribution is 2.13. The molecule has 1 fully saturated rings. The summed E-state index contributed by atoms with van der Waals surface area (Å²) in [5, 5.41) is 4.65. The van der Waals surface area contributed by atoms with Crippen molar-refractivity contribution < 1.29 is 4.79 Å². The number of hydrogen-bond donors (Lipinski definition) is 1. The fraction of sp³-hybridized carbons (Fsp3) is 0.231. The van der Waals surface area contributed by atoms with Crippen LogP contribution in [0.5, 0.6) is 0 Å². The Labute approximate surface area is 194 Å². The molecule has 0 spiro atoms. The van der Waals surface area contributed by atoms with E-state index in [0.717, 1.165) is 44.8 Å². The molecule has 164 valence electrons. The summed E-state index contributed by atoms with van der Waals surface area (Å²) in [5.74, 6) is -0.232. The molecule has 1 aliphatic rings. The van der Waals surface area contributed by atoms with Crippen LogP contribution in [0.2, 0.25) is 5.02 Å². The van der Waals surface area contributed by atoms with Crippen molar-refractivity contribution in [2.24, 2.45) is 5.10 Å². The SMILES string of the molecule is O=C(N/N=C\c1cccc(Cl)c1)c1ccc(CN2CCN(Cc3ccccc3)CC2)cc1. The fourth-order valence-corrected chi connectivity index (χ4v) is 3.98. The van der Waals surface area contributed by atoms with Crippen molar-refractivity contribution >= 4 is 23.7 Å². The van der Waals surface area contributed by atoms with Crippen LogP contribution in [0.25, 0.3) is 0 Å². The number of nitrogens with one attached hydrogen (secondary N) is 1. The van der Waals surface area contributed by atoms with Gasteiger partial charge in [0.1, 0.15) is 0 Å². The monoisotopic (exact) mass is 446 g/mol. The number of nitrogens with zero attached hydrogens (tertiary/aromatic N) is 3. The van der Waals surface area contributed by atoms with E-state index in [9.17, 15) is 4.79 Å². The molecule has 0 aliphatic carbocycles. The molecule has 1 saturated heterocycles. The minimum atomic E-state index is -0.232. The highest BCUT2D eigenvalue weighted by Gasteiger charge is 2.17. The second-order valence-corrected chi connectivity index (χ2v) is 8.43. The number of carbonyl (C=O) groups excluding carboxylic acids is 1. The molecule has 1 N–H and O–H groups in total. The first-order valence-corrected chi connectivity index (χ1v) is 11.2. The van der Waals surface area contributed by atoms with E-state index < -0.39 is 0 Å². The Hall–Kier alpha value is -2.99. The third-order valence-corrected chi connectivity index (χ3v) is 5.80. The minimum Gasteiger partial charge on any atom is -0.297 e. The van der Waals surface area contributed by atoms with Gasteiger partial charge in [-0.1, -0.05) is 66.2 Å². The molecule has 0 aromatic heterocycles. The maximum Gasteiger partial charge on any atom is 0.271 e. The Balaban J connectivity index is 1.23. The number of carbonyl (C=O) groups is 1. The summed E-state index contributed by atoms with van der Waals surface area (Å²) in [7, 11) is 0. The number of piperazine rings is 1. The van der Waals surface area contributed by atoms with Crippen LogP contribution in [0.1, 0.15) is 27.0 Å². The van der Waals surface area contributed by atoms with E-state index in [1.165, 1.54) is 11.1 Å². The van der Waals surface area contributed by atoms with Gasteiger partial charge in [-0.05, 0) is 41.0 Å². The van der Waals surface area contributed by atoms with Gasteiger partial charge in [-0.2, -0.15) is 5.10 Å². The summed E-state index contributed by atoms with van der Waals surface area (Å²) >= 11 is 5.95. The number of hydrazone groups is 1. The van der Waals surface area contributed by atoms with Crippen LogP contribution in [0, 0.1) is 0 Å². The number of hydrogen-bond acceptors (Lipinski definition) is 4. The molecule has 0 radical (unpaired) electrons. The quantitative estimate of drug-likeness (QED) is 0.431. The first kappa shape index (κ1) is 22.2. The van der Waals surface area contributed by atoms with Crippen LogP contribution in [-0.2, 0) is 13.1 Å². The van der Waals surface area contributed by atoms with E-state index in [4.69, 9.17) is 11.6 Å². The summed E-state index contributed by atoms with van der Waals surface area (Å²) in [4.78, 5) is 17.3. The van der Waals surface area contributed by atoms with Crippen molar-refractivity contribution in [3.63, 3.8) is 0 Å². The zero-order valence-electron chi connectivity index (χ0n) is 18.0. The summed E-state index contributed by atoms with van der Waals surface area (Å²) in [5.41, 5.74) is 6.56. The van der Waals surface area contributed by atoms with Crippen molar-refractivity contribution in [2.45, 2.75) is 13.1 Å². The highest BCUT2D eigenvalue weighted by molar-refractivity contribution is 6.30. The standard InChI is InChI=1S/C26H27ClN4O/c27-25-8-4-7-23(17-25)18-28-29-26(32)24-11-9-22(10-12-24)20-31-15-13-30(14-16-31)19-21-5-2-1-3-6-21/h1-12,17-18H,13-16,19-20H2,(H,29,32)/b28-18-. The van der Waals surface area contributed by atoms with Crippen molar-refractivity contribution in [2.75, 3.05) is 26.2 Å². The predicted octanol–water partition coefficient (Wildman–Crippen LogP) is 4.42. The van der Waals surface area contributed by atoms with Gasteiger partial charge in [0.2, 0.25) is 0 Å². The lowest BCUT2D eigenvalue weighted by Gasteiger charge is -2.34. The average molecular weight is 447 g/mol. The maximum atomic E-state index is 12.3. The summed E-state index contributed by atoms with van der Waals surface area (Å²) in [6.45, 7) is 6.15. The Morgan fingerprint density at radius 2 is 1.47 bits per heavy atom. The second-order valence-electron chi connectivity index (χ2n) is 7.99. The van der Waals surface area contributed by atoms with Crippen molar-refractivity contribution in [3.05, 3.63) is 106 Å². The first-order valence-electron chi connectivity index (χ1n) is 10.8. The second kappa shape index (κ2) is 11.0. The fourth-order valence-electron chi connectivity index (χ4n) is 3.78. The third kappa shape index (κ3) is 6.50. The van der Waals surface area contributed by atoms with Crippen LogP contribution in [-0.4, -0.2) is 48.1 Å².